The van der Waals surface area contributed by atoms with Gasteiger partial charge in [0.15, 0.2) is 0 Å². The molecular weight excluding hydrogens is 200 g/mol. The van der Waals surface area contributed by atoms with Gasteiger partial charge >= 0.3 is 0 Å². The minimum absolute atomic E-state index is 0.0493. The zero-order valence-corrected chi connectivity index (χ0v) is 10.6. The Morgan fingerprint density at radius 3 is 2.06 bits per heavy atom. The smallest absolute Gasteiger partial charge is 0.240 e. The van der Waals surface area contributed by atoms with Gasteiger partial charge in [0.1, 0.15) is 5.41 Å². The molecule has 90 valence electrons. The highest BCUT2D eigenvalue weighted by Crippen LogP contribution is 2.41. The van der Waals surface area contributed by atoms with Crippen molar-refractivity contribution in [2.75, 3.05) is 0 Å². The molecule has 1 saturated carbocycles. The molecule has 3 nitrogen and oxygen atoms in total. The van der Waals surface area contributed by atoms with Crippen LogP contribution in [0, 0.1) is 16.7 Å². The van der Waals surface area contributed by atoms with E-state index in [0.717, 1.165) is 38.5 Å². The predicted octanol–water partition coefficient (Wildman–Crippen LogP) is 2.77. The fourth-order valence-corrected chi connectivity index (χ4v) is 2.30. The quantitative estimate of drug-likeness (QED) is 0.777. The van der Waals surface area contributed by atoms with Gasteiger partial charge in [-0.05, 0) is 38.5 Å². The monoisotopic (exact) mass is 222 g/mol. The van der Waals surface area contributed by atoms with Crippen LogP contribution in [-0.2, 0) is 4.79 Å². The van der Waals surface area contributed by atoms with Gasteiger partial charge in [-0.2, -0.15) is 5.26 Å². The average Bonchev–Trinajstić information content (AvgIpc) is 2.25. The molecule has 1 N–H and O–H groups in total. The third kappa shape index (κ3) is 2.07. The fourth-order valence-electron chi connectivity index (χ4n) is 2.30. The third-order valence-electron chi connectivity index (χ3n) is 4.26. The number of hydrogen-bond donors (Lipinski definition) is 1. The van der Waals surface area contributed by atoms with Crippen LogP contribution in [0.4, 0.5) is 0 Å². The molecule has 0 atom stereocenters. The van der Waals surface area contributed by atoms with Crippen LogP contribution in [0.15, 0.2) is 0 Å². The average molecular weight is 222 g/mol. The fraction of sp³-hybridized carbons (Fsp3) is 0.846. The summed E-state index contributed by atoms with van der Waals surface area (Å²) in [5, 5.41) is 12.2. The van der Waals surface area contributed by atoms with Crippen molar-refractivity contribution in [1.29, 1.82) is 5.26 Å². The molecule has 1 aliphatic rings. The molecule has 0 heterocycles. The van der Waals surface area contributed by atoms with Crippen molar-refractivity contribution in [1.82, 2.24) is 5.32 Å². The van der Waals surface area contributed by atoms with Crippen molar-refractivity contribution >= 4 is 5.91 Å². The third-order valence-corrected chi connectivity index (χ3v) is 4.26. The second kappa shape index (κ2) is 4.86. The summed E-state index contributed by atoms with van der Waals surface area (Å²) >= 11 is 0. The van der Waals surface area contributed by atoms with Crippen LogP contribution in [-0.4, -0.2) is 11.4 Å². The number of carbonyl (C=O) groups excluding carboxylic acids is 1. The van der Waals surface area contributed by atoms with Gasteiger partial charge in [0, 0.05) is 5.54 Å². The maximum atomic E-state index is 12.1. The first-order chi connectivity index (χ1) is 7.58. The summed E-state index contributed by atoms with van der Waals surface area (Å²) in [5.41, 5.74) is -0.832. The first-order valence-corrected chi connectivity index (χ1v) is 6.32. The van der Waals surface area contributed by atoms with Crippen molar-refractivity contribution in [3.8, 4) is 6.07 Å². The van der Waals surface area contributed by atoms with E-state index in [2.05, 4.69) is 32.2 Å². The molecule has 1 amide bonds. The van der Waals surface area contributed by atoms with E-state index in [4.69, 9.17) is 5.26 Å². The van der Waals surface area contributed by atoms with E-state index in [-0.39, 0.29) is 11.4 Å². The van der Waals surface area contributed by atoms with Gasteiger partial charge in [0.2, 0.25) is 5.91 Å². The molecule has 1 aliphatic carbocycles. The van der Waals surface area contributed by atoms with Crippen LogP contribution in [0.25, 0.3) is 0 Å². The van der Waals surface area contributed by atoms with Gasteiger partial charge in [-0.3, -0.25) is 4.79 Å². The normalized spacial score (nSPS) is 18.4. The first kappa shape index (κ1) is 13.0. The SMILES string of the molecule is CCC(CC)(CC)NC(=O)C1(C#N)CCC1. The lowest BCUT2D eigenvalue weighted by Gasteiger charge is -2.39. The van der Waals surface area contributed by atoms with Crippen molar-refractivity contribution in [2.24, 2.45) is 5.41 Å². The first-order valence-electron chi connectivity index (χ1n) is 6.32. The molecule has 0 aromatic carbocycles. The highest BCUT2D eigenvalue weighted by atomic mass is 16.2. The van der Waals surface area contributed by atoms with Gasteiger partial charge in [0.05, 0.1) is 6.07 Å². The number of carbonyl (C=O) groups is 1. The molecule has 16 heavy (non-hydrogen) atoms. The Morgan fingerprint density at radius 1 is 1.31 bits per heavy atom. The summed E-state index contributed by atoms with van der Waals surface area (Å²) in [5.74, 6) is -0.0493. The van der Waals surface area contributed by atoms with Crippen molar-refractivity contribution in [3.05, 3.63) is 0 Å². The summed E-state index contributed by atoms with van der Waals surface area (Å²) in [6, 6.07) is 2.20. The molecule has 0 saturated heterocycles. The van der Waals surface area contributed by atoms with Crippen molar-refractivity contribution in [3.63, 3.8) is 0 Å². The second-order valence-electron chi connectivity index (χ2n) is 4.84. The minimum atomic E-state index is -0.717. The summed E-state index contributed by atoms with van der Waals surface area (Å²) in [6.45, 7) is 6.27. The molecule has 0 aliphatic heterocycles. The number of nitrogens with zero attached hydrogens (tertiary/aromatic N) is 1. The number of amides is 1. The van der Waals surface area contributed by atoms with Gasteiger partial charge in [-0.25, -0.2) is 0 Å². The number of rotatable bonds is 5. The van der Waals surface area contributed by atoms with Gasteiger partial charge < -0.3 is 5.32 Å². The molecule has 0 unspecified atom stereocenters. The molecule has 0 aromatic rings. The molecule has 0 radical (unpaired) electrons. The van der Waals surface area contributed by atoms with Gasteiger partial charge in [-0.1, -0.05) is 20.8 Å². The van der Waals surface area contributed by atoms with Gasteiger partial charge in [0.25, 0.3) is 0 Å². The van der Waals surface area contributed by atoms with Gasteiger partial charge in [-0.15, -0.1) is 0 Å². The van der Waals surface area contributed by atoms with Crippen LogP contribution >= 0.6 is 0 Å². The van der Waals surface area contributed by atoms with E-state index >= 15 is 0 Å². The number of nitrogens with one attached hydrogen (secondary N) is 1. The Bertz CT molecular complexity index is 287. The highest BCUT2D eigenvalue weighted by molar-refractivity contribution is 5.86. The molecule has 1 fully saturated rings. The van der Waals surface area contributed by atoms with Crippen LogP contribution < -0.4 is 5.32 Å². The minimum Gasteiger partial charge on any atom is -0.349 e. The van der Waals surface area contributed by atoms with E-state index in [1.54, 1.807) is 0 Å². The maximum Gasteiger partial charge on any atom is 0.240 e. The predicted molar refractivity (Wildman–Crippen MR) is 63.6 cm³/mol. The number of hydrogen-bond acceptors (Lipinski definition) is 2. The summed E-state index contributed by atoms with van der Waals surface area (Å²) < 4.78 is 0. The van der Waals surface area contributed by atoms with E-state index in [1.807, 2.05) is 0 Å². The summed E-state index contributed by atoms with van der Waals surface area (Å²) in [4.78, 5) is 12.1. The van der Waals surface area contributed by atoms with Crippen molar-refractivity contribution < 1.29 is 4.79 Å². The Labute approximate surface area is 98.2 Å². The van der Waals surface area contributed by atoms with Crippen LogP contribution in [0.2, 0.25) is 0 Å². The van der Waals surface area contributed by atoms with Crippen LogP contribution in [0.1, 0.15) is 59.3 Å². The lowest BCUT2D eigenvalue weighted by molar-refractivity contribution is -0.134. The van der Waals surface area contributed by atoms with E-state index < -0.39 is 5.41 Å². The molecule has 3 heteroatoms. The highest BCUT2D eigenvalue weighted by Gasteiger charge is 2.46. The second-order valence-corrected chi connectivity index (χ2v) is 4.84. The van der Waals surface area contributed by atoms with E-state index in [0.29, 0.717) is 0 Å². The molecule has 0 spiro atoms. The Kier molecular flexibility index (Phi) is 3.96. The Balaban J connectivity index is 2.73. The molecule has 1 rings (SSSR count). The van der Waals surface area contributed by atoms with Crippen LogP contribution in [0.3, 0.4) is 0 Å². The Morgan fingerprint density at radius 2 is 1.81 bits per heavy atom. The zero-order valence-electron chi connectivity index (χ0n) is 10.6. The maximum absolute atomic E-state index is 12.1. The largest absolute Gasteiger partial charge is 0.349 e. The van der Waals surface area contributed by atoms with E-state index in [1.165, 1.54) is 0 Å². The molecular formula is C13H22N2O. The molecule has 0 bridgehead atoms. The lowest BCUT2D eigenvalue weighted by Crippen LogP contribution is -2.54. The number of nitriles is 1. The zero-order chi connectivity index (χ0) is 12.2. The standard InChI is InChI=1S/C13H22N2O/c1-4-13(5-2,6-3)15-11(16)12(10-14)8-7-9-12/h4-9H2,1-3H3,(H,15,16). The topological polar surface area (TPSA) is 52.9 Å². The lowest BCUT2D eigenvalue weighted by atomic mass is 9.68. The summed E-state index contributed by atoms with van der Waals surface area (Å²) in [7, 11) is 0. The summed E-state index contributed by atoms with van der Waals surface area (Å²) in [6.07, 6.45) is 5.22. The van der Waals surface area contributed by atoms with Crippen molar-refractivity contribution in [2.45, 2.75) is 64.8 Å². The van der Waals surface area contributed by atoms with Crippen LogP contribution in [0.5, 0.6) is 0 Å². The molecule has 0 aromatic heterocycles. The van der Waals surface area contributed by atoms with E-state index in [9.17, 15) is 4.79 Å². The Hall–Kier alpha value is -1.04.